The highest BCUT2D eigenvalue weighted by Crippen LogP contribution is 2.32. The topological polar surface area (TPSA) is 12.0 Å². The Hall–Kier alpha value is -0.850. The standard InChI is InChI=1S/C13H11BrF3NS/c1-18-12(9-6-11(14)19-7-9)8-2-4-10(5-3-8)13(15,16)17/h2-7,12,18H,1H3. The van der Waals surface area contributed by atoms with Gasteiger partial charge in [0.15, 0.2) is 0 Å². The van der Waals surface area contributed by atoms with Gasteiger partial charge in [0, 0.05) is 0 Å². The predicted molar refractivity (Wildman–Crippen MR) is 74.4 cm³/mol. The highest BCUT2D eigenvalue weighted by Gasteiger charge is 2.30. The van der Waals surface area contributed by atoms with Gasteiger partial charge in [-0.05, 0) is 57.7 Å². The van der Waals surface area contributed by atoms with Crippen LogP contribution in [0, 0.1) is 0 Å². The molecule has 0 saturated heterocycles. The van der Waals surface area contributed by atoms with Gasteiger partial charge in [-0.15, -0.1) is 11.3 Å². The molecule has 2 rings (SSSR count). The summed E-state index contributed by atoms with van der Waals surface area (Å²) in [7, 11) is 1.79. The van der Waals surface area contributed by atoms with E-state index >= 15 is 0 Å². The highest BCUT2D eigenvalue weighted by molar-refractivity contribution is 9.11. The molecule has 0 aliphatic heterocycles. The van der Waals surface area contributed by atoms with Crippen LogP contribution in [0.15, 0.2) is 39.5 Å². The van der Waals surface area contributed by atoms with Crippen LogP contribution in [0.1, 0.15) is 22.7 Å². The summed E-state index contributed by atoms with van der Waals surface area (Å²) < 4.78 is 38.5. The molecule has 1 nitrogen and oxygen atoms in total. The first-order valence-corrected chi connectivity index (χ1v) is 7.17. The summed E-state index contributed by atoms with van der Waals surface area (Å²) in [5, 5.41) is 5.09. The number of rotatable bonds is 3. The second kappa shape index (κ2) is 5.64. The van der Waals surface area contributed by atoms with Crippen LogP contribution in [0.5, 0.6) is 0 Å². The van der Waals surface area contributed by atoms with Crippen LogP contribution in [0.3, 0.4) is 0 Å². The van der Waals surface area contributed by atoms with Crippen LogP contribution < -0.4 is 5.32 Å². The number of alkyl halides is 3. The summed E-state index contributed by atoms with van der Waals surface area (Å²) >= 11 is 4.93. The maximum atomic E-state index is 12.5. The van der Waals surface area contributed by atoms with Crippen molar-refractivity contribution in [3.05, 3.63) is 56.2 Å². The second-order valence-corrected chi connectivity index (χ2v) is 6.32. The van der Waals surface area contributed by atoms with Crippen molar-refractivity contribution in [2.75, 3.05) is 7.05 Å². The van der Waals surface area contributed by atoms with Gasteiger partial charge in [0.05, 0.1) is 15.4 Å². The fourth-order valence-electron chi connectivity index (χ4n) is 1.87. The highest BCUT2D eigenvalue weighted by atomic mass is 79.9. The molecule has 0 spiro atoms. The average molecular weight is 350 g/mol. The van der Waals surface area contributed by atoms with Gasteiger partial charge in [0.25, 0.3) is 0 Å². The van der Waals surface area contributed by atoms with Crippen molar-refractivity contribution in [1.29, 1.82) is 0 Å². The molecule has 0 radical (unpaired) electrons. The molecule has 0 aliphatic carbocycles. The van der Waals surface area contributed by atoms with Crippen molar-refractivity contribution in [2.45, 2.75) is 12.2 Å². The van der Waals surface area contributed by atoms with E-state index in [1.165, 1.54) is 12.1 Å². The first-order valence-electron chi connectivity index (χ1n) is 5.50. The molecule has 1 heterocycles. The number of halogens is 4. The first-order chi connectivity index (χ1) is 8.91. The maximum Gasteiger partial charge on any atom is 0.416 e. The first kappa shape index (κ1) is 14.6. The quantitative estimate of drug-likeness (QED) is 0.835. The van der Waals surface area contributed by atoms with Gasteiger partial charge in [-0.3, -0.25) is 0 Å². The summed E-state index contributed by atoms with van der Waals surface area (Å²) in [6.07, 6.45) is -4.29. The lowest BCUT2D eigenvalue weighted by Crippen LogP contribution is -2.17. The number of hydrogen-bond donors (Lipinski definition) is 1. The molecule has 1 unspecified atom stereocenters. The Bertz CT molecular complexity index is 548. The van der Waals surface area contributed by atoms with Crippen molar-refractivity contribution < 1.29 is 13.2 Å². The Morgan fingerprint density at radius 2 is 1.79 bits per heavy atom. The van der Waals surface area contributed by atoms with E-state index in [9.17, 15) is 13.2 Å². The monoisotopic (exact) mass is 349 g/mol. The largest absolute Gasteiger partial charge is 0.416 e. The zero-order valence-electron chi connectivity index (χ0n) is 9.96. The third kappa shape index (κ3) is 3.38. The van der Waals surface area contributed by atoms with Crippen molar-refractivity contribution >= 4 is 27.3 Å². The van der Waals surface area contributed by atoms with Gasteiger partial charge in [0.2, 0.25) is 0 Å². The van der Waals surface area contributed by atoms with Crippen LogP contribution in [0.2, 0.25) is 0 Å². The van der Waals surface area contributed by atoms with Crippen LogP contribution >= 0.6 is 27.3 Å². The third-order valence-corrected chi connectivity index (χ3v) is 4.30. The van der Waals surface area contributed by atoms with E-state index in [0.717, 1.165) is 27.0 Å². The molecule has 1 atom stereocenters. The van der Waals surface area contributed by atoms with Crippen molar-refractivity contribution in [2.24, 2.45) is 0 Å². The van der Waals surface area contributed by atoms with E-state index in [4.69, 9.17) is 0 Å². The molecule has 19 heavy (non-hydrogen) atoms. The number of thiophene rings is 1. The molecule has 2 aromatic rings. The second-order valence-electron chi connectivity index (χ2n) is 4.03. The normalized spacial score (nSPS) is 13.5. The number of hydrogen-bond acceptors (Lipinski definition) is 2. The van der Waals surface area contributed by atoms with E-state index in [-0.39, 0.29) is 6.04 Å². The van der Waals surface area contributed by atoms with Gasteiger partial charge in [0.1, 0.15) is 0 Å². The maximum absolute atomic E-state index is 12.5. The molecule has 0 saturated carbocycles. The molecular weight excluding hydrogens is 339 g/mol. The molecule has 0 bridgehead atoms. The molecule has 6 heteroatoms. The molecule has 102 valence electrons. The minimum atomic E-state index is -4.29. The zero-order valence-corrected chi connectivity index (χ0v) is 12.4. The van der Waals surface area contributed by atoms with Gasteiger partial charge in [-0.2, -0.15) is 13.2 Å². The Kier molecular flexibility index (Phi) is 4.32. The molecule has 0 amide bonds. The molecule has 1 aromatic heterocycles. The van der Waals surface area contributed by atoms with Crippen LogP contribution in [-0.4, -0.2) is 7.05 Å². The van der Waals surface area contributed by atoms with Crippen molar-refractivity contribution in [1.82, 2.24) is 5.32 Å². The summed E-state index contributed by atoms with van der Waals surface area (Å²) in [6.45, 7) is 0. The van der Waals surface area contributed by atoms with E-state index in [0.29, 0.717) is 0 Å². The fraction of sp³-hybridized carbons (Fsp3) is 0.231. The summed E-state index contributed by atoms with van der Waals surface area (Å²) in [5.41, 5.74) is 1.21. The van der Waals surface area contributed by atoms with Crippen molar-refractivity contribution in [3.8, 4) is 0 Å². The number of benzene rings is 1. The van der Waals surface area contributed by atoms with Gasteiger partial charge in [-0.1, -0.05) is 12.1 Å². The SMILES string of the molecule is CNC(c1ccc(C(F)(F)F)cc1)c1csc(Br)c1. The van der Waals surface area contributed by atoms with E-state index < -0.39 is 11.7 Å². The lowest BCUT2D eigenvalue weighted by atomic mass is 10.00. The van der Waals surface area contributed by atoms with Crippen LogP contribution in [0.4, 0.5) is 13.2 Å². The van der Waals surface area contributed by atoms with E-state index in [1.807, 2.05) is 11.4 Å². The average Bonchev–Trinajstić information content (AvgIpc) is 2.76. The Balaban J connectivity index is 2.30. The minimum absolute atomic E-state index is 0.107. The predicted octanol–water partition coefficient (Wildman–Crippen LogP) is 4.84. The Morgan fingerprint density at radius 3 is 2.21 bits per heavy atom. The summed E-state index contributed by atoms with van der Waals surface area (Å²) in [5.74, 6) is 0. The van der Waals surface area contributed by atoms with Crippen LogP contribution in [-0.2, 0) is 6.18 Å². The smallest absolute Gasteiger partial charge is 0.309 e. The van der Waals surface area contributed by atoms with Crippen LogP contribution in [0.25, 0.3) is 0 Å². The minimum Gasteiger partial charge on any atom is -0.309 e. The molecule has 0 aliphatic rings. The Morgan fingerprint density at radius 1 is 1.16 bits per heavy atom. The van der Waals surface area contributed by atoms with Gasteiger partial charge in [-0.25, -0.2) is 0 Å². The van der Waals surface area contributed by atoms with E-state index in [1.54, 1.807) is 18.4 Å². The lowest BCUT2D eigenvalue weighted by Gasteiger charge is -2.16. The Labute approximate surface area is 121 Å². The van der Waals surface area contributed by atoms with Gasteiger partial charge >= 0.3 is 6.18 Å². The number of nitrogens with one attached hydrogen (secondary N) is 1. The molecule has 0 fully saturated rings. The zero-order chi connectivity index (χ0) is 14.0. The summed E-state index contributed by atoms with van der Waals surface area (Å²) in [6, 6.07) is 7.10. The molecular formula is C13H11BrF3NS. The third-order valence-electron chi connectivity index (χ3n) is 2.78. The fourth-order valence-corrected chi connectivity index (χ4v) is 3.07. The summed E-state index contributed by atoms with van der Waals surface area (Å²) in [4.78, 5) is 0. The molecule has 1 aromatic carbocycles. The lowest BCUT2D eigenvalue weighted by molar-refractivity contribution is -0.137. The molecule has 1 N–H and O–H groups in total. The van der Waals surface area contributed by atoms with E-state index in [2.05, 4.69) is 21.2 Å². The van der Waals surface area contributed by atoms with Crippen molar-refractivity contribution in [3.63, 3.8) is 0 Å². The van der Waals surface area contributed by atoms with Gasteiger partial charge < -0.3 is 5.32 Å².